The summed E-state index contributed by atoms with van der Waals surface area (Å²) in [5.41, 5.74) is 0. The molecule has 0 fully saturated rings. The molecule has 0 bridgehead atoms. The van der Waals surface area contributed by atoms with Gasteiger partial charge in [-0.2, -0.15) is 0 Å². The highest BCUT2D eigenvalue weighted by molar-refractivity contribution is 5.79. The Balaban J connectivity index is 3.83. The lowest BCUT2D eigenvalue weighted by Crippen LogP contribution is -2.42. The van der Waals surface area contributed by atoms with Crippen LogP contribution in [0, 0.1) is 0 Å². The minimum absolute atomic E-state index is 0.952. The van der Waals surface area contributed by atoms with E-state index in [9.17, 15) is 0 Å². The van der Waals surface area contributed by atoms with Crippen molar-refractivity contribution in [1.82, 2.24) is 15.1 Å². The number of rotatable bonds is 7. The van der Waals surface area contributed by atoms with Crippen LogP contribution in [-0.4, -0.2) is 63.1 Å². The fourth-order valence-corrected chi connectivity index (χ4v) is 1.40. The third-order valence-corrected chi connectivity index (χ3v) is 2.74. The number of aliphatic imine (C=N–C) groups is 1. The molecule has 0 aliphatic heterocycles. The number of hydrogen-bond acceptors (Lipinski definition) is 2. The lowest BCUT2D eigenvalue weighted by molar-refractivity contribution is 0.353. The molecule has 0 spiro atoms. The molecule has 0 aromatic carbocycles. The third kappa shape index (κ3) is 6.67. The maximum absolute atomic E-state index is 4.28. The van der Waals surface area contributed by atoms with Crippen molar-refractivity contribution in [3.8, 4) is 0 Å². The molecule has 4 heteroatoms. The molecule has 0 radical (unpaired) electrons. The Bertz CT molecular complexity index is 191. The van der Waals surface area contributed by atoms with E-state index in [1.165, 1.54) is 12.8 Å². The van der Waals surface area contributed by atoms with Crippen molar-refractivity contribution in [2.75, 3.05) is 47.3 Å². The molecule has 4 nitrogen and oxygen atoms in total. The third-order valence-electron chi connectivity index (χ3n) is 2.74. The maximum atomic E-state index is 4.28. The molecule has 1 N–H and O–H groups in total. The summed E-state index contributed by atoms with van der Waals surface area (Å²) in [6.45, 7) is 8.54. The van der Waals surface area contributed by atoms with Gasteiger partial charge in [-0.1, -0.05) is 20.3 Å². The van der Waals surface area contributed by atoms with Crippen LogP contribution in [0.5, 0.6) is 0 Å². The fraction of sp³-hybridized carbons (Fsp3) is 0.917. The second kappa shape index (κ2) is 9.46. The Hall–Kier alpha value is -0.770. The van der Waals surface area contributed by atoms with Crippen LogP contribution in [0.1, 0.15) is 26.7 Å². The Labute approximate surface area is 101 Å². The minimum atomic E-state index is 0.952. The first kappa shape index (κ1) is 15.2. The first-order chi connectivity index (χ1) is 7.65. The standard InChI is InChI=1S/C12H28N4/c1-6-8-10-16(5)12(13-3)14-9-11-15(4)7-2/h6-11H2,1-5H3,(H,13,14). The van der Waals surface area contributed by atoms with Crippen molar-refractivity contribution in [3.63, 3.8) is 0 Å². The first-order valence-electron chi connectivity index (χ1n) is 6.26. The molecule has 0 atom stereocenters. The van der Waals surface area contributed by atoms with Gasteiger partial charge in [0.2, 0.25) is 0 Å². The fourth-order valence-electron chi connectivity index (χ4n) is 1.40. The molecule has 0 saturated heterocycles. The topological polar surface area (TPSA) is 30.9 Å². The molecule has 0 aromatic rings. The van der Waals surface area contributed by atoms with E-state index < -0.39 is 0 Å². The number of nitrogens with zero attached hydrogens (tertiary/aromatic N) is 3. The van der Waals surface area contributed by atoms with Gasteiger partial charge in [-0.15, -0.1) is 0 Å². The summed E-state index contributed by atoms with van der Waals surface area (Å²) in [4.78, 5) is 8.75. The van der Waals surface area contributed by atoms with Crippen molar-refractivity contribution in [2.24, 2.45) is 4.99 Å². The normalized spacial score (nSPS) is 12.0. The van der Waals surface area contributed by atoms with Gasteiger partial charge in [0.25, 0.3) is 0 Å². The van der Waals surface area contributed by atoms with Crippen LogP contribution in [0.15, 0.2) is 4.99 Å². The Morgan fingerprint density at radius 2 is 1.88 bits per heavy atom. The molecule has 16 heavy (non-hydrogen) atoms. The van der Waals surface area contributed by atoms with Gasteiger partial charge in [0.05, 0.1) is 0 Å². The summed E-state index contributed by atoms with van der Waals surface area (Å²) in [5, 5.41) is 3.38. The number of unbranched alkanes of at least 4 members (excludes halogenated alkanes) is 1. The first-order valence-corrected chi connectivity index (χ1v) is 6.26. The van der Waals surface area contributed by atoms with Crippen molar-refractivity contribution in [3.05, 3.63) is 0 Å². The summed E-state index contributed by atoms with van der Waals surface area (Å²) in [7, 11) is 6.06. The lowest BCUT2D eigenvalue weighted by atomic mass is 10.3. The number of nitrogens with one attached hydrogen (secondary N) is 1. The Morgan fingerprint density at radius 3 is 2.38 bits per heavy atom. The zero-order valence-corrected chi connectivity index (χ0v) is 11.6. The second-order valence-electron chi connectivity index (χ2n) is 4.14. The molecule has 0 unspecified atom stereocenters. The molecule has 0 aromatic heterocycles. The lowest BCUT2D eigenvalue weighted by Gasteiger charge is -2.23. The number of hydrogen-bond donors (Lipinski definition) is 1. The quantitative estimate of drug-likeness (QED) is 0.525. The smallest absolute Gasteiger partial charge is 0.193 e. The molecular formula is C12H28N4. The van der Waals surface area contributed by atoms with Crippen LogP contribution in [-0.2, 0) is 0 Å². The zero-order valence-electron chi connectivity index (χ0n) is 11.6. The molecule has 0 saturated carbocycles. The number of likely N-dealkylation sites (N-methyl/N-ethyl adjacent to an activating group) is 1. The minimum Gasteiger partial charge on any atom is -0.355 e. The van der Waals surface area contributed by atoms with Gasteiger partial charge in [-0.25, -0.2) is 0 Å². The average molecular weight is 228 g/mol. The van der Waals surface area contributed by atoms with Crippen LogP contribution in [0.3, 0.4) is 0 Å². The molecule has 0 amide bonds. The summed E-state index contributed by atoms with van der Waals surface area (Å²) in [5.74, 6) is 0.998. The van der Waals surface area contributed by atoms with Gasteiger partial charge < -0.3 is 15.1 Å². The molecule has 96 valence electrons. The highest BCUT2D eigenvalue weighted by Crippen LogP contribution is 1.92. The van der Waals surface area contributed by atoms with Crippen LogP contribution in [0.2, 0.25) is 0 Å². The van der Waals surface area contributed by atoms with E-state index >= 15 is 0 Å². The van der Waals surface area contributed by atoms with Gasteiger partial charge in [0.15, 0.2) is 5.96 Å². The van der Waals surface area contributed by atoms with Crippen molar-refractivity contribution >= 4 is 5.96 Å². The van der Waals surface area contributed by atoms with E-state index in [0.29, 0.717) is 0 Å². The molecule has 0 heterocycles. The van der Waals surface area contributed by atoms with Crippen LogP contribution >= 0.6 is 0 Å². The SMILES string of the molecule is CCCCN(C)C(=NC)NCCN(C)CC. The van der Waals surface area contributed by atoms with E-state index in [2.05, 4.69) is 48.1 Å². The summed E-state index contributed by atoms with van der Waals surface area (Å²) < 4.78 is 0. The van der Waals surface area contributed by atoms with E-state index in [0.717, 1.165) is 32.1 Å². The van der Waals surface area contributed by atoms with Gasteiger partial charge in [-0.3, -0.25) is 4.99 Å². The molecule has 0 aliphatic rings. The second-order valence-corrected chi connectivity index (χ2v) is 4.14. The van der Waals surface area contributed by atoms with E-state index in [1.807, 2.05) is 7.05 Å². The van der Waals surface area contributed by atoms with Gasteiger partial charge in [0.1, 0.15) is 0 Å². The predicted octanol–water partition coefficient (Wildman–Crippen LogP) is 1.25. The molecule has 0 rings (SSSR count). The Kier molecular flexibility index (Phi) is 9.00. The van der Waals surface area contributed by atoms with Crippen LogP contribution in [0.4, 0.5) is 0 Å². The van der Waals surface area contributed by atoms with Crippen LogP contribution in [0.25, 0.3) is 0 Å². The Morgan fingerprint density at radius 1 is 1.19 bits per heavy atom. The zero-order chi connectivity index (χ0) is 12.4. The van der Waals surface area contributed by atoms with E-state index in [-0.39, 0.29) is 0 Å². The predicted molar refractivity (Wildman–Crippen MR) is 72.1 cm³/mol. The highest BCUT2D eigenvalue weighted by Gasteiger charge is 2.04. The monoisotopic (exact) mass is 228 g/mol. The molecular weight excluding hydrogens is 200 g/mol. The van der Waals surface area contributed by atoms with Crippen molar-refractivity contribution in [2.45, 2.75) is 26.7 Å². The van der Waals surface area contributed by atoms with Gasteiger partial charge >= 0.3 is 0 Å². The summed E-state index contributed by atoms with van der Waals surface area (Å²) in [6, 6.07) is 0. The highest BCUT2D eigenvalue weighted by atomic mass is 15.3. The summed E-state index contributed by atoms with van der Waals surface area (Å²) in [6.07, 6.45) is 2.44. The summed E-state index contributed by atoms with van der Waals surface area (Å²) >= 11 is 0. The van der Waals surface area contributed by atoms with Crippen molar-refractivity contribution in [1.29, 1.82) is 0 Å². The number of guanidine groups is 1. The maximum Gasteiger partial charge on any atom is 0.193 e. The van der Waals surface area contributed by atoms with Gasteiger partial charge in [0, 0.05) is 33.7 Å². The van der Waals surface area contributed by atoms with Gasteiger partial charge in [-0.05, 0) is 20.0 Å². The average Bonchev–Trinajstić information content (AvgIpc) is 2.31. The van der Waals surface area contributed by atoms with Crippen molar-refractivity contribution < 1.29 is 0 Å². The largest absolute Gasteiger partial charge is 0.355 e. The van der Waals surface area contributed by atoms with E-state index in [1.54, 1.807) is 0 Å². The molecule has 0 aliphatic carbocycles. The van der Waals surface area contributed by atoms with Crippen LogP contribution < -0.4 is 5.32 Å². The van der Waals surface area contributed by atoms with E-state index in [4.69, 9.17) is 0 Å².